The van der Waals surface area contributed by atoms with Crippen LogP contribution in [0.1, 0.15) is 18.4 Å². The Labute approximate surface area is 87.9 Å². The van der Waals surface area contributed by atoms with Crippen LogP contribution in [-0.2, 0) is 4.79 Å². The third-order valence-corrected chi connectivity index (χ3v) is 2.64. The lowest BCUT2D eigenvalue weighted by molar-refractivity contribution is -0.123. The van der Waals surface area contributed by atoms with Crippen molar-refractivity contribution in [2.45, 2.75) is 18.9 Å². The topological polar surface area (TPSA) is 58.6 Å². The predicted octanol–water partition coefficient (Wildman–Crippen LogP) is 1.00. The molecule has 0 aromatic heterocycles. The number of benzene rings is 1. The number of amides is 1. The summed E-state index contributed by atoms with van der Waals surface area (Å²) >= 11 is 0. The Kier molecular flexibility index (Phi) is 2.26. The molecule has 1 aromatic carbocycles. The first-order valence-electron chi connectivity index (χ1n) is 4.84. The van der Waals surface area contributed by atoms with E-state index in [1.807, 2.05) is 6.92 Å². The summed E-state index contributed by atoms with van der Waals surface area (Å²) in [5.74, 6) is 0.396. The van der Waals surface area contributed by atoms with Crippen LogP contribution < -0.4 is 10.1 Å². The van der Waals surface area contributed by atoms with E-state index < -0.39 is 0 Å². The van der Waals surface area contributed by atoms with Gasteiger partial charge in [-0.05, 0) is 13.0 Å². The quantitative estimate of drug-likeness (QED) is 0.722. The molecule has 0 aliphatic carbocycles. The zero-order valence-corrected chi connectivity index (χ0v) is 8.65. The third kappa shape index (κ3) is 1.52. The molecule has 0 saturated carbocycles. The fraction of sp³-hybridized carbons (Fsp3) is 0.364. The van der Waals surface area contributed by atoms with Crippen LogP contribution in [0.5, 0.6) is 11.5 Å². The molecule has 1 aliphatic rings. The summed E-state index contributed by atoms with van der Waals surface area (Å²) in [7, 11) is 1.60. The van der Waals surface area contributed by atoms with Crippen LogP contribution in [0.4, 0.5) is 0 Å². The largest absolute Gasteiger partial charge is 0.508 e. The van der Waals surface area contributed by atoms with Gasteiger partial charge >= 0.3 is 0 Å². The normalized spacial score (nSPS) is 23.1. The number of carbonyl (C=O) groups is 1. The summed E-state index contributed by atoms with van der Waals surface area (Å²) in [6.45, 7) is 1.84. The predicted molar refractivity (Wildman–Crippen MR) is 55.0 cm³/mol. The van der Waals surface area contributed by atoms with Crippen molar-refractivity contribution in [2.75, 3.05) is 7.05 Å². The van der Waals surface area contributed by atoms with Crippen LogP contribution in [-0.4, -0.2) is 24.2 Å². The SMILES string of the molecule is CNC(=O)C1c2ccc(O)cc2OC1C. The van der Waals surface area contributed by atoms with Crippen LogP contribution >= 0.6 is 0 Å². The lowest BCUT2D eigenvalue weighted by Gasteiger charge is -2.12. The van der Waals surface area contributed by atoms with Gasteiger partial charge in [0.1, 0.15) is 23.5 Å². The summed E-state index contributed by atoms with van der Waals surface area (Å²) in [6.07, 6.45) is -0.193. The molecule has 1 heterocycles. The van der Waals surface area contributed by atoms with Crippen molar-refractivity contribution >= 4 is 5.91 Å². The van der Waals surface area contributed by atoms with E-state index in [0.717, 1.165) is 5.56 Å². The van der Waals surface area contributed by atoms with Gasteiger partial charge in [-0.3, -0.25) is 4.79 Å². The summed E-state index contributed by atoms with van der Waals surface area (Å²) in [6, 6.07) is 4.83. The lowest BCUT2D eigenvalue weighted by Crippen LogP contribution is -2.31. The first-order chi connectivity index (χ1) is 7.13. The highest BCUT2D eigenvalue weighted by Gasteiger charge is 2.36. The molecule has 1 aromatic rings. The minimum absolute atomic E-state index is 0.0630. The second-order valence-corrected chi connectivity index (χ2v) is 3.64. The van der Waals surface area contributed by atoms with E-state index in [1.165, 1.54) is 6.07 Å². The first-order valence-corrected chi connectivity index (χ1v) is 4.84. The van der Waals surface area contributed by atoms with Gasteiger partial charge in [0.2, 0.25) is 5.91 Å². The molecule has 2 unspecified atom stereocenters. The number of nitrogens with one attached hydrogen (secondary N) is 1. The van der Waals surface area contributed by atoms with Crippen molar-refractivity contribution < 1.29 is 14.6 Å². The number of ether oxygens (including phenoxy) is 1. The molecule has 1 amide bonds. The van der Waals surface area contributed by atoms with Crippen molar-refractivity contribution in [3.8, 4) is 11.5 Å². The zero-order valence-electron chi connectivity index (χ0n) is 8.65. The number of fused-ring (bicyclic) bond motifs is 1. The number of likely N-dealkylation sites (N-methyl/N-ethyl adjacent to an activating group) is 1. The standard InChI is InChI=1S/C11H13NO3/c1-6-10(11(14)12-2)8-4-3-7(13)5-9(8)15-6/h3-6,10,13H,1-2H3,(H,12,14). The smallest absolute Gasteiger partial charge is 0.231 e. The number of aromatic hydroxyl groups is 1. The van der Waals surface area contributed by atoms with Gasteiger partial charge in [-0.1, -0.05) is 6.07 Å². The van der Waals surface area contributed by atoms with E-state index >= 15 is 0 Å². The van der Waals surface area contributed by atoms with E-state index in [9.17, 15) is 9.90 Å². The second kappa shape index (κ2) is 3.46. The molecule has 1 aliphatic heterocycles. The molecule has 0 spiro atoms. The van der Waals surface area contributed by atoms with E-state index in [2.05, 4.69) is 5.32 Å². The van der Waals surface area contributed by atoms with Gasteiger partial charge < -0.3 is 15.2 Å². The third-order valence-electron chi connectivity index (χ3n) is 2.64. The van der Waals surface area contributed by atoms with E-state index in [-0.39, 0.29) is 23.7 Å². The Hall–Kier alpha value is -1.71. The number of rotatable bonds is 1. The molecule has 80 valence electrons. The van der Waals surface area contributed by atoms with Crippen LogP contribution in [0.2, 0.25) is 0 Å². The lowest BCUT2D eigenvalue weighted by atomic mass is 9.95. The highest BCUT2D eigenvalue weighted by molar-refractivity contribution is 5.85. The van der Waals surface area contributed by atoms with Gasteiger partial charge in [0.05, 0.1) is 0 Å². The van der Waals surface area contributed by atoms with Crippen LogP contribution in [0.25, 0.3) is 0 Å². The highest BCUT2D eigenvalue weighted by Crippen LogP contribution is 2.39. The summed E-state index contributed by atoms with van der Waals surface area (Å²) in [4.78, 5) is 11.6. The average molecular weight is 207 g/mol. The minimum atomic E-state index is -0.286. The zero-order chi connectivity index (χ0) is 11.0. The number of hydrogen-bond acceptors (Lipinski definition) is 3. The molecule has 0 radical (unpaired) electrons. The average Bonchev–Trinajstić information content (AvgIpc) is 2.52. The monoisotopic (exact) mass is 207 g/mol. The van der Waals surface area contributed by atoms with Crippen LogP contribution in [0.3, 0.4) is 0 Å². The van der Waals surface area contributed by atoms with Crippen molar-refractivity contribution in [1.82, 2.24) is 5.32 Å². The molecule has 4 nitrogen and oxygen atoms in total. The fourth-order valence-electron chi connectivity index (χ4n) is 1.91. The van der Waals surface area contributed by atoms with Gasteiger partial charge in [-0.2, -0.15) is 0 Å². The van der Waals surface area contributed by atoms with Crippen molar-refractivity contribution in [3.05, 3.63) is 23.8 Å². The van der Waals surface area contributed by atoms with E-state index in [0.29, 0.717) is 5.75 Å². The van der Waals surface area contributed by atoms with E-state index in [1.54, 1.807) is 19.2 Å². The second-order valence-electron chi connectivity index (χ2n) is 3.64. The number of carbonyl (C=O) groups excluding carboxylic acids is 1. The van der Waals surface area contributed by atoms with Crippen LogP contribution in [0, 0.1) is 0 Å². The molecule has 0 saturated heterocycles. The Morgan fingerprint density at radius 2 is 2.27 bits per heavy atom. The van der Waals surface area contributed by atoms with Gasteiger partial charge in [0, 0.05) is 18.7 Å². The highest BCUT2D eigenvalue weighted by atomic mass is 16.5. The molecule has 4 heteroatoms. The first kappa shape index (κ1) is 9.83. The molecule has 15 heavy (non-hydrogen) atoms. The summed E-state index contributed by atoms with van der Waals surface area (Å²) in [5.41, 5.74) is 0.833. The molecule has 2 atom stereocenters. The van der Waals surface area contributed by atoms with Gasteiger partial charge in [0.25, 0.3) is 0 Å². The molecular formula is C11H13NO3. The number of phenolic OH excluding ortho intramolecular Hbond substituents is 1. The molecule has 0 bridgehead atoms. The molecule has 2 rings (SSSR count). The van der Waals surface area contributed by atoms with Crippen molar-refractivity contribution in [3.63, 3.8) is 0 Å². The summed E-state index contributed by atoms with van der Waals surface area (Å²) in [5, 5.41) is 11.9. The van der Waals surface area contributed by atoms with E-state index in [4.69, 9.17) is 4.74 Å². The molecule has 0 fully saturated rings. The van der Waals surface area contributed by atoms with Gasteiger partial charge in [-0.25, -0.2) is 0 Å². The van der Waals surface area contributed by atoms with Gasteiger partial charge in [0.15, 0.2) is 0 Å². The maximum atomic E-state index is 11.6. The summed E-state index contributed by atoms with van der Waals surface area (Å²) < 4.78 is 5.50. The van der Waals surface area contributed by atoms with Crippen molar-refractivity contribution in [2.24, 2.45) is 0 Å². The van der Waals surface area contributed by atoms with Crippen molar-refractivity contribution in [1.29, 1.82) is 0 Å². The maximum Gasteiger partial charge on any atom is 0.231 e. The minimum Gasteiger partial charge on any atom is -0.508 e. The number of hydrogen-bond donors (Lipinski definition) is 2. The Balaban J connectivity index is 2.41. The Bertz CT molecular complexity index is 403. The van der Waals surface area contributed by atoms with Crippen LogP contribution in [0.15, 0.2) is 18.2 Å². The Morgan fingerprint density at radius 3 is 2.93 bits per heavy atom. The molecular weight excluding hydrogens is 194 g/mol. The van der Waals surface area contributed by atoms with Gasteiger partial charge in [-0.15, -0.1) is 0 Å². The Morgan fingerprint density at radius 1 is 1.53 bits per heavy atom. The number of phenols is 1. The molecule has 2 N–H and O–H groups in total. The fourth-order valence-corrected chi connectivity index (χ4v) is 1.91. The maximum absolute atomic E-state index is 11.6.